The molecule has 2 aromatic heterocycles. The number of carboxylic acids is 1. The fraction of sp³-hybridized carbons (Fsp3) is 0.125. The number of halogens is 3. The molecule has 9 heteroatoms. The number of nitrogens with one attached hydrogen (secondary N) is 2. The van der Waals surface area contributed by atoms with E-state index in [0.29, 0.717) is 6.07 Å². The third kappa shape index (κ3) is 1.98. The van der Waals surface area contributed by atoms with Gasteiger partial charge in [0.15, 0.2) is 0 Å². The van der Waals surface area contributed by atoms with Crippen molar-refractivity contribution in [1.82, 2.24) is 20.4 Å². The van der Waals surface area contributed by atoms with Gasteiger partial charge in [0.05, 0.1) is 11.9 Å². The van der Waals surface area contributed by atoms with Crippen LogP contribution in [0.25, 0.3) is 11.4 Å². The quantitative estimate of drug-likeness (QED) is 0.748. The van der Waals surface area contributed by atoms with Crippen LogP contribution < -0.4 is 0 Å². The minimum Gasteiger partial charge on any atom is -0.478 e. The standard InChI is InChI=1S/C8H5F3N4O2/c9-8(10,11)5-1-4(13-14-5)6-3(7(16)17)2-12-15-6/h1-2H,(H,12,15)(H,13,14)(H,16,17). The number of H-pyrrole nitrogens is 2. The first-order valence-electron chi connectivity index (χ1n) is 4.29. The zero-order chi connectivity index (χ0) is 12.6. The van der Waals surface area contributed by atoms with Gasteiger partial charge in [0.1, 0.15) is 17.0 Å². The highest BCUT2D eigenvalue weighted by molar-refractivity contribution is 5.93. The van der Waals surface area contributed by atoms with E-state index in [9.17, 15) is 18.0 Å². The lowest BCUT2D eigenvalue weighted by atomic mass is 10.2. The summed E-state index contributed by atoms with van der Waals surface area (Å²) < 4.78 is 36.9. The maximum atomic E-state index is 12.3. The summed E-state index contributed by atoms with van der Waals surface area (Å²) >= 11 is 0. The zero-order valence-corrected chi connectivity index (χ0v) is 8.04. The molecule has 2 heterocycles. The van der Waals surface area contributed by atoms with E-state index in [1.54, 1.807) is 5.10 Å². The zero-order valence-electron chi connectivity index (χ0n) is 8.04. The van der Waals surface area contributed by atoms with E-state index in [-0.39, 0.29) is 17.0 Å². The normalized spacial score (nSPS) is 11.7. The predicted molar refractivity (Wildman–Crippen MR) is 48.1 cm³/mol. The molecule has 0 unspecified atom stereocenters. The summed E-state index contributed by atoms with van der Waals surface area (Å²) in [4.78, 5) is 10.7. The first-order chi connectivity index (χ1) is 7.89. The number of nitrogens with zero attached hydrogens (tertiary/aromatic N) is 2. The van der Waals surface area contributed by atoms with Crippen molar-refractivity contribution in [2.45, 2.75) is 6.18 Å². The van der Waals surface area contributed by atoms with E-state index < -0.39 is 17.8 Å². The molecule has 2 rings (SSSR count). The second-order valence-corrected chi connectivity index (χ2v) is 3.13. The fourth-order valence-electron chi connectivity index (χ4n) is 1.24. The first kappa shape index (κ1) is 11.2. The van der Waals surface area contributed by atoms with Crippen molar-refractivity contribution >= 4 is 5.97 Å². The highest BCUT2D eigenvalue weighted by Crippen LogP contribution is 2.30. The Balaban J connectivity index is 2.44. The molecule has 0 spiro atoms. The van der Waals surface area contributed by atoms with Crippen LogP contribution in [0.1, 0.15) is 16.1 Å². The van der Waals surface area contributed by atoms with E-state index >= 15 is 0 Å². The Kier molecular flexibility index (Phi) is 2.37. The van der Waals surface area contributed by atoms with Gasteiger partial charge in [-0.3, -0.25) is 10.2 Å². The summed E-state index contributed by atoms with van der Waals surface area (Å²) in [6.07, 6.45) is -3.56. The average Bonchev–Trinajstić information content (AvgIpc) is 2.85. The minimum absolute atomic E-state index is 0.0794. The average molecular weight is 246 g/mol. The molecule has 0 fully saturated rings. The summed E-state index contributed by atoms with van der Waals surface area (Å²) in [7, 11) is 0. The lowest BCUT2D eigenvalue weighted by Gasteiger charge is -1.99. The molecule has 0 bridgehead atoms. The molecular weight excluding hydrogens is 241 g/mol. The highest BCUT2D eigenvalue weighted by Gasteiger charge is 2.33. The maximum Gasteiger partial charge on any atom is 0.432 e. The summed E-state index contributed by atoms with van der Waals surface area (Å²) in [5, 5.41) is 19.7. The van der Waals surface area contributed by atoms with Crippen molar-refractivity contribution in [3.05, 3.63) is 23.5 Å². The molecule has 6 nitrogen and oxygen atoms in total. The lowest BCUT2D eigenvalue weighted by Crippen LogP contribution is -2.04. The number of aromatic nitrogens is 4. The van der Waals surface area contributed by atoms with E-state index in [2.05, 4.69) is 15.3 Å². The Labute approximate surface area is 91.5 Å². The molecule has 0 radical (unpaired) electrons. The van der Waals surface area contributed by atoms with E-state index in [4.69, 9.17) is 5.11 Å². The van der Waals surface area contributed by atoms with Crippen molar-refractivity contribution in [2.24, 2.45) is 0 Å². The van der Waals surface area contributed by atoms with Gasteiger partial charge in [-0.25, -0.2) is 4.79 Å². The molecule has 0 aliphatic rings. The third-order valence-electron chi connectivity index (χ3n) is 2.01. The van der Waals surface area contributed by atoms with Crippen LogP contribution >= 0.6 is 0 Å². The van der Waals surface area contributed by atoms with E-state index in [1.807, 2.05) is 0 Å². The number of aromatic amines is 2. The van der Waals surface area contributed by atoms with Crippen molar-refractivity contribution < 1.29 is 23.1 Å². The van der Waals surface area contributed by atoms with Crippen LogP contribution in [0.15, 0.2) is 12.3 Å². The van der Waals surface area contributed by atoms with Crippen molar-refractivity contribution in [3.63, 3.8) is 0 Å². The summed E-state index contributed by atoms with van der Waals surface area (Å²) in [5.41, 5.74) is -1.54. The molecule has 0 saturated carbocycles. The third-order valence-corrected chi connectivity index (χ3v) is 2.01. The summed E-state index contributed by atoms with van der Waals surface area (Å²) in [5.74, 6) is -1.30. The molecule has 2 aromatic rings. The molecule has 0 saturated heterocycles. The van der Waals surface area contributed by atoms with Crippen molar-refractivity contribution in [2.75, 3.05) is 0 Å². The molecule has 0 aliphatic carbocycles. The van der Waals surface area contributed by atoms with Gasteiger partial charge < -0.3 is 5.11 Å². The monoisotopic (exact) mass is 246 g/mol. The van der Waals surface area contributed by atoms with Crippen molar-refractivity contribution in [1.29, 1.82) is 0 Å². The predicted octanol–water partition coefficient (Wildman–Crippen LogP) is 1.52. The van der Waals surface area contributed by atoms with Crippen LogP contribution in [0.5, 0.6) is 0 Å². The van der Waals surface area contributed by atoms with Crippen LogP contribution in [0.3, 0.4) is 0 Å². The number of alkyl halides is 3. The number of carbonyl (C=O) groups is 1. The number of carboxylic acid groups (broad SMARTS) is 1. The number of hydrogen-bond donors (Lipinski definition) is 3. The van der Waals surface area contributed by atoms with Crippen LogP contribution in [0, 0.1) is 0 Å². The van der Waals surface area contributed by atoms with Gasteiger partial charge in [-0.2, -0.15) is 23.4 Å². The molecule has 17 heavy (non-hydrogen) atoms. The van der Waals surface area contributed by atoms with Crippen LogP contribution in [-0.2, 0) is 6.18 Å². The lowest BCUT2D eigenvalue weighted by molar-refractivity contribution is -0.141. The number of aromatic carboxylic acids is 1. The van der Waals surface area contributed by atoms with Gasteiger partial charge in [-0.05, 0) is 6.07 Å². The molecule has 0 amide bonds. The molecular formula is C8H5F3N4O2. The van der Waals surface area contributed by atoms with Gasteiger partial charge in [0, 0.05) is 0 Å². The molecule has 3 N–H and O–H groups in total. The van der Waals surface area contributed by atoms with Crippen LogP contribution in [-0.4, -0.2) is 31.5 Å². The second kappa shape index (κ2) is 3.61. The highest BCUT2D eigenvalue weighted by atomic mass is 19.4. The van der Waals surface area contributed by atoms with Gasteiger partial charge in [0.2, 0.25) is 0 Å². The molecule has 0 atom stereocenters. The SMILES string of the molecule is O=C(O)c1cn[nH]c1-c1cc(C(F)(F)F)[nH]n1. The Bertz CT molecular complexity index is 557. The Morgan fingerprint density at radius 3 is 2.59 bits per heavy atom. The van der Waals surface area contributed by atoms with Gasteiger partial charge in [-0.15, -0.1) is 0 Å². The number of rotatable bonds is 2. The van der Waals surface area contributed by atoms with E-state index in [1.165, 1.54) is 0 Å². The van der Waals surface area contributed by atoms with E-state index in [0.717, 1.165) is 6.20 Å². The Hall–Kier alpha value is -2.32. The number of hydrogen-bond acceptors (Lipinski definition) is 3. The summed E-state index contributed by atoms with van der Waals surface area (Å²) in [6, 6.07) is 0.708. The summed E-state index contributed by atoms with van der Waals surface area (Å²) in [6.45, 7) is 0. The molecule has 90 valence electrons. The molecule has 0 aliphatic heterocycles. The fourth-order valence-corrected chi connectivity index (χ4v) is 1.24. The Morgan fingerprint density at radius 2 is 2.06 bits per heavy atom. The molecule has 0 aromatic carbocycles. The smallest absolute Gasteiger partial charge is 0.432 e. The first-order valence-corrected chi connectivity index (χ1v) is 4.29. The second-order valence-electron chi connectivity index (χ2n) is 3.13. The largest absolute Gasteiger partial charge is 0.478 e. The van der Waals surface area contributed by atoms with Gasteiger partial charge in [-0.1, -0.05) is 0 Å². The van der Waals surface area contributed by atoms with Gasteiger partial charge >= 0.3 is 12.1 Å². The van der Waals surface area contributed by atoms with Crippen molar-refractivity contribution in [3.8, 4) is 11.4 Å². The van der Waals surface area contributed by atoms with Crippen LogP contribution in [0.2, 0.25) is 0 Å². The minimum atomic E-state index is -4.56. The topological polar surface area (TPSA) is 94.7 Å². The van der Waals surface area contributed by atoms with Crippen LogP contribution in [0.4, 0.5) is 13.2 Å². The maximum absolute atomic E-state index is 12.3. The van der Waals surface area contributed by atoms with Gasteiger partial charge in [0.25, 0.3) is 0 Å². The Morgan fingerprint density at radius 1 is 1.35 bits per heavy atom.